The Balaban J connectivity index is 2.22. The molecule has 0 aliphatic rings. The minimum absolute atomic E-state index is 0.0224. The summed E-state index contributed by atoms with van der Waals surface area (Å²) in [5, 5.41) is 10.7. The van der Waals surface area contributed by atoms with Gasteiger partial charge < -0.3 is 5.11 Å². The number of carboxylic acids is 1. The fourth-order valence-electron chi connectivity index (χ4n) is 1.72. The molecule has 0 saturated heterocycles. The van der Waals surface area contributed by atoms with E-state index in [2.05, 4.69) is 4.72 Å². The third-order valence-corrected chi connectivity index (χ3v) is 5.60. The zero-order valence-electron chi connectivity index (χ0n) is 10.9. The molecule has 0 spiro atoms. The summed E-state index contributed by atoms with van der Waals surface area (Å²) in [6, 6.07) is 7.52. The summed E-state index contributed by atoms with van der Waals surface area (Å²) < 4.78 is 26.9. The number of hydrogen-bond donors (Lipinski definition) is 2. The largest absolute Gasteiger partial charge is 0.477 e. The van der Waals surface area contributed by atoms with Crippen LogP contribution in [-0.4, -0.2) is 19.5 Å². The smallest absolute Gasteiger partial charge is 0.345 e. The number of halogens is 1. The van der Waals surface area contributed by atoms with Gasteiger partial charge in [-0.05, 0) is 30.7 Å². The second-order valence-corrected chi connectivity index (χ2v) is 7.41. The van der Waals surface area contributed by atoms with E-state index in [0.717, 1.165) is 23.0 Å². The van der Waals surface area contributed by atoms with Crippen LogP contribution in [0.4, 0.5) is 0 Å². The number of carboxylic acid groups (broad SMARTS) is 1. The van der Waals surface area contributed by atoms with Crippen LogP contribution in [0.2, 0.25) is 5.02 Å². The molecule has 2 N–H and O–H groups in total. The van der Waals surface area contributed by atoms with E-state index in [1.807, 2.05) is 0 Å². The number of sulfonamides is 1. The van der Waals surface area contributed by atoms with Crippen molar-refractivity contribution in [2.45, 2.75) is 17.9 Å². The summed E-state index contributed by atoms with van der Waals surface area (Å²) in [6.07, 6.45) is 0. The molecule has 0 fully saturated rings. The van der Waals surface area contributed by atoms with Crippen molar-refractivity contribution in [2.24, 2.45) is 0 Å². The van der Waals surface area contributed by atoms with Crippen molar-refractivity contribution in [3.63, 3.8) is 0 Å². The Hall–Kier alpha value is -1.41. The SMILES string of the molecule is C[C@@H](NS(=O)(=O)c1csc(C(=O)O)c1)c1cccc(Cl)c1. The van der Waals surface area contributed by atoms with Gasteiger partial charge in [0.1, 0.15) is 4.88 Å². The van der Waals surface area contributed by atoms with E-state index in [9.17, 15) is 13.2 Å². The quantitative estimate of drug-likeness (QED) is 0.872. The topological polar surface area (TPSA) is 83.5 Å². The van der Waals surface area contributed by atoms with Gasteiger partial charge in [0.15, 0.2) is 0 Å². The fourth-order valence-corrected chi connectivity index (χ4v) is 4.26. The summed E-state index contributed by atoms with van der Waals surface area (Å²) >= 11 is 6.74. The number of carbonyl (C=O) groups is 1. The molecule has 1 aromatic heterocycles. The predicted molar refractivity (Wildman–Crippen MR) is 81.5 cm³/mol. The lowest BCUT2D eigenvalue weighted by atomic mass is 10.1. The average Bonchev–Trinajstić information content (AvgIpc) is 2.88. The Bertz CT molecular complexity index is 770. The lowest BCUT2D eigenvalue weighted by molar-refractivity contribution is 0.0702. The number of nitrogens with one attached hydrogen (secondary N) is 1. The van der Waals surface area contributed by atoms with Crippen LogP contribution in [0.15, 0.2) is 40.6 Å². The van der Waals surface area contributed by atoms with Crippen LogP contribution in [0, 0.1) is 0 Å². The molecule has 0 bridgehead atoms. The molecule has 0 saturated carbocycles. The molecule has 21 heavy (non-hydrogen) atoms. The van der Waals surface area contributed by atoms with Gasteiger partial charge >= 0.3 is 5.97 Å². The molecular formula is C13H12ClNO4S2. The van der Waals surface area contributed by atoms with Gasteiger partial charge in [-0.15, -0.1) is 11.3 Å². The standard InChI is InChI=1S/C13H12ClNO4S2/c1-8(9-3-2-4-10(14)5-9)15-21(18,19)11-6-12(13(16)17)20-7-11/h2-8,15H,1H3,(H,16,17)/t8-/m1/s1. The zero-order chi connectivity index (χ0) is 15.6. The molecule has 1 heterocycles. The number of hydrogen-bond acceptors (Lipinski definition) is 4. The van der Waals surface area contributed by atoms with Crippen LogP contribution in [0.5, 0.6) is 0 Å². The highest BCUT2D eigenvalue weighted by Gasteiger charge is 2.21. The van der Waals surface area contributed by atoms with Crippen LogP contribution in [-0.2, 0) is 10.0 Å². The van der Waals surface area contributed by atoms with E-state index in [1.54, 1.807) is 31.2 Å². The number of benzene rings is 1. The first-order chi connectivity index (χ1) is 9.79. The Morgan fingerprint density at radius 3 is 2.67 bits per heavy atom. The molecule has 8 heteroatoms. The van der Waals surface area contributed by atoms with Gasteiger partial charge in [0.05, 0.1) is 4.90 Å². The molecule has 0 radical (unpaired) electrons. The minimum atomic E-state index is -3.78. The lowest BCUT2D eigenvalue weighted by Crippen LogP contribution is -2.26. The average molecular weight is 346 g/mol. The summed E-state index contributed by atoms with van der Waals surface area (Å²) in [7, 11) is -3.78. The van der Waals surface area contributed by atoms with Crippen molar-refractivity contribution < 1.29 is 18.3 Å². The number of aromatic carboxylic acids is 1. The van der Waals surface area contributed by atoms with E-state index in [4.69, 9.17) is 16.7 Å². The van der Waals surface area contributed by atoms with Gasteiger partial charge in [-0.25, -0.2) is 17.9 Å². The molecule has 5 nitrogen and oxygen atoms in total. The number of thiophene rings is 1. The van der Waals surface area contributed by atoms with Crippen molar-refractivity contribution >= 4 is 38.9 Å². The maximum atomic E-state index is 12.2. The second kappa shape index (κ2) is 6.15. The summed E-state index contributed by atoms with van der Waals surface area (Å²) in [4.78, 5) is 10.7. The Morgan fingerprint density at radius 2 is 2.10 bits per heavy atom. The van der Waals surface area contributed by atoms with Crippen molar-refractivity contribution in [3.05, 3.63) is 51.2 Å². The molecule has 0 amide bonds. The first kappa shape index (κ1) is 16.0. The van der Waals surface area contributed by atoms with Crippen molar-refractivity contribution in [1.29, 1.82) is 0 Å². The van der Waals surface area contributed by atoms with Gasteiger partial charge in [-0.2, -0.15) is 0 Å². The molecule has 2 aromatic rings. The monoisotopic (exact) mass is 345 g/mol. The van der Waals surface area contributed by atoms with Crippen LogP contribution >= 0.6 is 22.9 Å². The molecule has 0 unspecified atom stereocenters. The predicted octanol–water partition coefficient (Wildman–Crippen LogP) is 3.14. The van der Waals surface area contributed by atoms with Crippen LogP contribution in [0.3, 0.4) is 0 Å². The van der Waals surface area contributed by atoms with Crippen LogP contribution in [0.25, 0.3) is 0 Å². The molecule has 112 valence electrons. The maximum absolute atomic E-state index is 12.2. The normalized spacial score (nSPS) is 13.0. The van der Waals surface area contributed by atoms with Crippen LogP contribution in [0.1, 0.15) is 28.2 Å². The minimum Gasteiger partial charge on any atom is -0.477 e. The molecular weight excluding hydrogens is 334 g/mol. The molecule has 1 aromatic carbocycles. The van der Waals surface area contributed by atoms with Gasteiger partial charge in [0.2, 0.25) is 10.0 Å². The van der Waals surface area contributed by atoms with E-state index in [1.165, 1.54) is 5.38 Å². The van der Waals surface area contributed by atoms with Gasteiger partial charge in [0.25, 0.3) is 0 Å². The van der Waals surface area contributed by atoms with Crippen molar-refractivity contribution in [2.75, 3.05) is 0 Å². The first-order valence-electron chi connectivity index (χ1n) is 5.89. The van der Waals surface area contributed by atoms with Gasteiger partial charge in [-0.3, -0.25) is 0 Å². The third-order valence-electron chi connectivity index (χ3n) is 2.78. The summed E-state index contributed by atoms with van der Waals surface area (Å²) in [5.41, 5.74) is 0.722. The van der Waals surface area contributed by atoms with Crippen molar-refractivity contribution in [3.8, 4) is 0 Å². The first-order valence-corrected chi connectivity index (χ1v) is 8.63. The highest BCUT2D eigenvalue weighted by molar-refractivity contribution is 7.89. The van der Waals surface area contributed by atoms with E-state index in [0.29, 0.717) is 5.02 Å². The summed E-state index contributed by atoms with van der Waals surface area (Å²) in [5.74, 6) is -1.15. The fraction of sp³-hybridized carbons (Fsp3) is 0.154. The third kappa shape index (κ3) is 3.82. The van der Waals surface area contributed by atoms with Gasteiger partial charge in [0, 0.05) is 16.4 Å². The van der Waals surface area contributed by atoms with E-state index >= 15 is 0 Å². The van der Waals surface area contributed by atoms with E-state index in [-0.39, 0.29) is 9.77 Å². The highest BCUT2D eigenvalue weighted by Crippen LogP contribution is 2.23. The summed E-state index contributed by atoms with van der Waals surface area (Å²) in [6.45, 7) is 1.69. The zero-order valence-corrected chi connectivity index (χ0v) is 13.3. The molecule has 0 aliphatic carbocycles. The molecule has 0 aliphatic heterocycles. The van der Waals surface area contributed by atoms with Crippen molar-refractivity contribution in [1.82, 2.24) is 4.72 Å². The Morgan fingerprint density at radius 1 is 1.38 bits per heavy atom. The lowest BCUT2D eigenvalue weighted by Gasteiger charge is -2.14. The second-order valence-electron chi connectivity index (χ2n) is 4.35. The molecule has 2 rings (SSSR count). The van der Waals surface area contributed by atoms with E-state index < -0.39 is 22.0 Å². The van der Waals surface area contributed by atoms with Crippen LogP contribution < -0.4 is 4.72 Å². The Labute approximate surface area is 131 Å². The maximum Gasteiger partial charge on any atom is 0.345 e. The molecule has 1 atom stereocenters. The Kier molecular flexibility index (Phi) is 4.67. The number of rotatable bonds is 5. The highest BCUT2D eigenvalue weighted by atomic mass is 35.5. The van der Waals surface area contributed by atoms with Gasteiger partial charge in [-0.1, -0.05) is 23.7 Å².